The van der Waals surface area contributed by atoms with Gasteiger partial charge < -0.3 is 10.8 Å². The molecular weight excluding hydrogens is 236 g/mol. The van der Waals surface area contributed by atoms with Crippen LogP contribution in [-0.4, -0.2) is 20.3 Å². The topological polar surface area (TPSA) is 125 Å². The molecule has 3 aromatic rings. The van der Waals surface area contributed by atoms with Gasteiger partial charge >= 0.3 is 0 Å². The molecule has 7 heteroatoms. The Morgan fingerprint density at radius 1 is 1.17 bits per heavy atom. The van der Waals surface area contributed by atoms with E-state index in [1.807, 2.05) is 0 Å². The molecule has 0 bridgehead atoms. The molecule has 18 heavy (non-hydrogen) atoms. The van der Waals surface area contributed by atoms with E-state index < -0.39 is 11.1 Å². The van der Waals surface area contributed by atoms with E-state index in [-0.39, 0.29) is 16.7 Å². The van der Waals surface area contributed by atoms with Crippen molar-refractivity contribution in [2.24, 2.45) is 0 Å². The van der Waals surface area contributed by atoms with Crippen LogP contribution in [0.1, 0.15) is 0 Å². The Morgan fingerprint density at radius 2 is 1.89 bits per heavy atom. The number of nitrogen functional groups attached to an aromatic ring is 1. The average Bonchev–Trinajstić information content (AvgIpc) is 2.35. The molecule has 0 aliphatic heterocycles. The highest BCUT2D eigenvalue weighted by Gasteiger charge is 2.13. The van der Waals surface area contributed by atoms with Gasteiger partial charge in [0.25, 0.3) is 11.1 Å². The van der Waals surface area contributed by atoms with Gasteiger partial charge in [0, 0.05) is 11.1 Å². The zero-order chi connectivity index (χ0) is 12.9. The summed E-state index contributed by atoms with van der Waals surface area (Å²) in [4.78, 5) is 27.3. The molecule has 0 unspecified atom stereocenters. The normalized spacial score (nSPS) is 11.1. The number of anilines is 1. The summed E-state index contributed by atoms with van der Waals surface area (Å²) in [6.45, 7) is 0. The number of aromatic nitrogens is 3. The van der Waals surface area contributed by atoms with Crippen LogP contribution < -0.4 is 16.9 Å². The first-order valence-electron chi connectivity index (χ1n) is 5.11. The molecule has 5 N–H and O–H groups in total. The van der Waals surface area contributed by atoms with Gasteiger partial charge in [-0.05, 0) is 18.2 Å². The van der Waals surface area contributed by atoms with Gasteiger partial charge in [-0.3, -0.25) is 19.8 Å². The molecule has 3 rings (SSSR count). The molecule has 0 fully saturated rings. The summed E-state index contributed by atoms with van der Waals surface area (Å²) in [5.74, 6) is -0.297. The van der Waals surface area contributed by atoms with E-state index in [1.165, 1.54) is 6.07 Å². The van der Waals surface area contributed by atoms with Gasteiger partial charge in [-0.25, -0.2) is 4.98 Å². The minimum Gasteiger partial charge on any atom is -0.506 e. The smallest absolute Gasteiger partial charge is 0.289 e. The number of aromatic amines is 2. The first kappa shape index (κ1) is 10.3. The molecule has 2 heterocycles. The van der Waals surface area contributed by atoms with E-state index in [0.717, 1.165) is 0 Å². The fourth-order valence-electron chi connectivity index (χ4n) is 1.88. The minimum atomic E-state index is -0.612. The number of H-pyrrole nitrogens is 2. The van der Waals surface area contributed by atoms with Crippen molar-refractivity contribution in [3.8, 4) is 5.75 Å². The van der Waals surface area contributed by atoms with E-state index in [2.05, 4.69) is 15.2 Å². The SMILES string of the molecule is Nc1ccc2nc3c(=O)[nH][nH]c(=O)c3c(O)c2c1. The molecule has 2 aromatic heterocycles. The van der Waals surface area contributed by atoms with Crippen molar-refractivity contribution in [1.82, 2.24) is 15.2 Å². The quantitative estimate of drug-likeness (QED) is 0.328. The Hall–Kier alpha value is -2.83. The fraction of sp³-hybridized carbons (Fsp3) is 0. The molecule has 0 radical (unpaired) electrons. The molecule has 0 saturated heterocycles. The lowest BCUT2D eigenvalue weighted by atomic mass is 10.1. The number of rotatable bonds is 0. The average molecular weight is 244 g/mol. The largest absolute Gasteiger partial charge is 0.506 e. The number of pyridine rings is 1. The second kappa shape index (κ2) is 3.33. The number of hydrogen-bond donors (Lipinski definition) is 4. The lowest BCUT2D eigenvalue weighted by Crippen LogP contribution is -2.20. The third-order valence-electron chi connectivity index (χ3n) is 2.71. The summed E-state index contributed by atoms with van der Waals surface area (Å²) in [6.07, 6.45) is 0. The van der Waals surface area contributed by atoms with E-state index in [1.54, 1.807) is 12.1 Å². The molecular formula is C11H8N4O3. The standard InChI is InChI=1S/C11H8N4O3/c12-4-1-2-6-5(3-4)9(16)7-8(13-6)11(18)15-14-10(7)17/h1-3H,12H2,(H,13,16)(H,14,17)(H,15,18). The van der Waals surface area contributed by atoms with Gasteiger partial charge in [0.05, 0.1) is 5.52 Å². The number of nitrogens with zero attached hydrogens (tertiary/aromatic N) is 1. The van der Waals surface area contributed by atoms with Crippen LogP contribution in [0.15, 0.2) is 27.8 Å². The van der Waals surface area contributed by atoms with Crippen molar-refractivity contribution < 1.29 is 5.11 Å². The van der Waals surface area contributed by atoms with E-state index >= 15 is 0 Å². The Bertz CT molecular complexity index is 894. The molecule has 90 valence electrons. The van der Waals surface area contributed by atoms with Crippen LogP contribution in [0.2, 0.25) is 0 Å². The molecule has 0 aliphatic rings. The third kappa shape index (κ3) is 1.27. The highest BCUT2D eigenvalue weighted by atomic mass is 16.3. The maximum atomic E-state index is 11.6. The summed E-state index contributed by atoms with van der Waals surface area (Å²) in [5, 5.41) is 14.6. The summed E-state index contributed by atoms with van der Waals surface area (Å²) >= 11 is 0. The van der Waals surface area contributed by atoms with Crippen molar-refractivity contribution in [2.75, 3.05) is 5.73 Å². The molecule has 0 saturated carbocycles. The summed E-state index contributed by atoms with van der Waals surface area (Å²) < 4.78 is 0. The molecule has 0 amide bonds. The molecule has 0 aliphatic carbocycles. The van der Waals surface area contributed by atoms with Gasteiger partial charge in [-0.15, -0.1) is 0 Å². The van der Waals surface area contributed by atoms with Crippen molar-refractivity contribution in [3.63, 3.8) is 0 Å². The van der Waals surface area contributed by atoms with Crippen molar-refractivity contribution >= 4 is 27.5 Å². The summed E-state index contributed by atoms with van der Waals surface area (Å²) in [7, 11) is 0. The number of nitrogens with two attached hydrogens (primary N) is 1. The maximum absolute atomic E-state index is 11.6. The number of nitrogens with one attached hydrogen (secondary N) is 2. The highest BCUT2D eigenvalue weighted by Crippen LogP contribution is 2.29. The van der Waals surface area contributed by atoms with Crippen LogP contribution in [0, 0.1) is 0 Å². The molecule has 0 spiro atoms. The number of benzene rings is 1. The predicted molar refractivity (Wildman–Crippen MR) is 66.6 cm³/mol. The summed E-state index contributed by atoms with van der Waals surface area (Å²) in [5.41, 5.74) is 5.15. The second-order valence-corrected chi connectivity index (χ2v) is 3.87. The van der Waals surface area contributed by atoms with E-state index in [0.29, 0.717) is 16.6 Å². The molecule has 0 atom stereocenters. The Morgan fingerprint density at radius 3 is 2.67 bits per heavy atom. The molecule has 1 aromatic carbocycles. The number of fused-ring (bicyclic) bond motifs is 2. The lowest BCUT2D eigenvalue weighted by molar-refractivity contribution is 0.487. The van der Waals surface area contributed by atoms with Gasteiger partial charge in [0.2, 0.25) is 0 Å². The number of aromatic hydroxyl groups is 1. The van der Waals surface area contributed by atoms with Crippen LogP contribution in [0.4, 0.5) is 5.69 Å². The van der Waals surface area contributed by atoms with Gasteiger partial charge in [-0.1, -0.05) is 0 Å². The first-order chi connectivity index (χ1) is 8.58. The van der Waals surface area contributed by atoms with Gasteiger partial charge in [0.1, 0.15) is 16.7 Å². The number of hydrogen-bond acceptors (Lipinski definition) is 5. The van der Waals surface area contributed by atoms with E-state index in [4.69, 9.17) is 5.73 Å². The van der Waals surface area contributed by atoms with Gasteiger partial charge in [0.15, 0.2) is 0 Å². The van der Waals surface area contributed by atoms with E-state index in [9.17, 15) is 14.7 Å². The lowest BCUT2D eigenvalue weighted by Gasteiger charge is -2.04. The van der Waals surface area contributed by atoms with Gasteiger partial charge in [-0.2, -0.15) is 0 Å². The highest BCUT2D eigenvalue weighted by molar-refractivity contribution is 6.00. The maximum Gasteiger partial charge on any atom is 0.289 e. The second-order valence-electron chi connectivity index (χ2n) is 3.87. The Labute approximate surface area is 98.9 Å². The van der Waals surface area contributed by atoms with Crippen molar-refractivity contribution in [3.05, 3.63) is 38.9 Å². The van der Waals surface area contributed by atoms with Crippen LogP contribution in [0.5, 0.6) is 5.75 Å². The fourth-order valence-corrected chi connectivity index (χ4v) is 1.88. The zero-order valence-corrected chi connectivity index (χ0v) is 9.02. The minimum absolute atomic E-state index is 0.103. The van der Waals surface area contributed by atoms with Crippen molar-refractivity contribution in [1.29, 1.82) is 0 Å². The zero-order valence-electron chi connectivity index (χ0n) is 9.02. The monoisotopic (exact) mass is 244 g/mol. The molecule has 7 nitrogen and oxygen atoms in total. The third-order valence-corrected chi connectivity index (χ3v) is 2.71. The Balaban J connectivity index is 2.70. The van der Waals surface area contributed by atoms with Crippen LogP contribution >= 0.6 is 0 Å². The van der Waals surface area contributed by atoms with Crippen LogP contribution in [0.25, 0.3) is 21.8 Å². The van der Waals surface area contributed by atoms with Crippen LogP contribution in [0.3, 0.4) is 0 Å². The van der Waals surface area contributed by atoms with Crippen molar-refractivity contribution in [2.45, 2.75) is 0 Å². The van der Waals surface area contributed by atoms with Crippen LogP contribution in [-0.2, 0) is 0 Å². The summed E-state index contributed by atoms with van der Waals surface area (Å²) in [6, 6.07) is 4.67. The first-order valence-corrected chi connectivity index (χ1v) is 5.11. The predicted octanol–water partition coefficient (Wildman–Crippen LogP) is 0.0524. The Kier molecular flexibility index (Phi) is 1.91.